The smallest absolute Gasteiger partial charge is 0.240 e. The quantitative estimate of drug-likeness (QED) is 0.866. The van der Waals surface area contributed by atoms with Crippen molar-refractivity contribution in [2.45, 2.75) is 18.6 Å². The van der Waals surface area contributed by atoms with Crippen LogP contribution in [0.5, 0.6) is 0 Å². The summed E-state index contributed by atoms with van der Waals surface area (Å²) < 4.78 is 0. The monoisotopic (exact) mass is 371 g/mol. The van der Waals surface area contributed by atoms with Gasteiger partial charge in [-0.1, -0.05) is 23.2 Å². The number of anilines is 1. The van der Waals surface area contributed by atoms with E-state index in [1.165, 1.54) is 11.3 Å². The Morgan fingerprint density at radius 1 is 1.52 bits per heavy atom. The van der Waals surface area contributed by atoms with E-state index in [2.05, 4.69) is 10.3 Å². The van der Waals surface area contributed by atoms with E-state index in [1.54, 1.807) is 35.7 Å². The first-order chi connectivity index (χ1) is 11.0. The summed E-state index contributed by atoms with van der Waals surface area (Å²) in [4.78, 5) is 17.9. The van der Waals surface area contributed by atoms with Crippen molar-refractivity contribution in [2.24, 2.45) is 0 Å². The number of carbonyl (C=O) groups excluding carboxylic acids is 1. The molecule has 0 spiro atoms. The number of nitrogens with one attached hydrogen (secondary N) is 1. The lowest BCUT2D eigenvalue weighted by molar-refractivity contribution is -0.118. The first kappa shape index (κ1) is 16.7. The molecule has 1 amide bonds. The van der Waals surface area contributed by atoms with E-state index in [9.17, 15) is 9.90 Å². The van der Waals surface area contributed by atoms with Crippen molar-refractivity contribution in [1.82, 2.24) is 9.88 Å². The van der Waals surface area contributed by atoms with Gasteiger partial charge in [0.2, 0.25) is 5.91 Å². The molecule has 0 fully saturated rings. The Bertz CT molecular complexity index is 724. The predicted octanol–water partition coefficient (Wildman–Crippen LogP) is 2.98. The summed E-state index contributed by atoms with van der Waals surface area (Å²) in [5.41, 5.74) is 1.76. The summed E-state index contributed by atoms with van der Waals surface area (Å²) in [5, 5.41) is 16.5. The number of nitrogens with zero attached hydrogens (tertiary/aromatic N) is 2. The Balaban J connectivity index is 1.75. The van der Waals surface area contributed by atoms with Crippen molar-refractivity contribution in [3.05, 3.63) is 44.9 Å². The molecule has 3 rings (SSSR count). The van der Waals surface area contributed by atoms with Gasteiger partial charge in [-0.15, -0.1) is 11.3 Å². The number of aromatic nitrogens is 1. The standard InChI is InChI=1S/C15H15Cl2N3O2S/c1-20(7-13(22)19-15-18-2-3-23-15)14-10-4-8(16)5-11(17)9(10)6-12(14)21/h2-5,12,14,21H,6-7H2,1H3,(H,18,19,22)/t12-,14+/m0/s1. The molecule has 1 aliphatic rings. The van der Waals surface area contributed by atoms with E-state index >= 15 is 0 Å². The van der Waals surface area contributed by atoms with E-state index in [1.807, 2.05) is 0 Å². The highest BCUT2D eigenvalue weighted by Crippen LogP contribution is 2.40. The average molecular weight is 372 g/mol. The van der Waals surface area contributed by atoms with E-state index in [0.717, 1.165) is 11.1 Å². The summed E-state index contributed by atoms with van der Waals surface area (Å²) in [6.07, 6.45) is 1.46. The third-order valence-corrected chi connectivity index (χ3v) is 5.08. The van der Waals surface area contributed by atoms with Crippen LogP contribution in [0.1, 0.15) is 17.2 Å². The molecule has 1 aromatic heterocycles. The van der Waals surface area contributed by atoms with Crippen molar-refractivity contribution in [3.8, 4) is 0 Å². The minimum Gasteiger partial charge on any atom is -0.391 e. The molecular formula is C15H15Cl2N3O2S. The molecule has 122 valence electrons. The number of halogens is 2. The molecule has 0 radical (unpaired) electrons. The number of hydrogen-bond donors (Lipinski definition) is 2. The van der Waals surface area contributed by atoms with Gasteiger partial charge < -0.3 is 10.4 Å². The van der Waals surface area contributed by atoms with Crippen molar-refractivity contribution < 1.29 is 9.90 Å². The van der Waals surface area contributed by atoms with Gasteiger partial charge in [0.05, 0.1) is 18.7 Å². The molecule has 0 bridgehead atoms. The molecule has 1 aliphatic carbocycles. The van der Waals surface area contributed by atoms with Crippen LogP contribution in [0.4, 0.5) is 5.13 Å². The second kappa shape index (κ2) is 6.75. The molecular weight excluding hydrogens is 357 g/mol. The molecule has 0 aliphatic heterocycles. The van der Waals surface area contributed by atoms with Crippen molar-refractivity contribution >= 4 is 45.6 Å². The topological polar surface area (TPSA) is 65.5 Å². The highest BCUT2D eigenvalue weighted by molar-refractivity contribution is 7.13. The zero-order valence-electron chi connectivity index (χ0n) is 12.3. The van der Waals surface area contributed by atoms with Crippen molar-refractivity contribution in [2.75, 3.05) is 18.9 Å². The van der Waals surface area contributed by atoms with Gasteiger partial charge in [0, 0.05) is 28.0 Å². The maximum Gasteiger partial charge on any atom is 0.240 e. The molecule has 23 heavy (non-hydrogen) atoms. The molecule has 5 nitrogen and oxygen atoms in total. The summed E-state index contributed by atoms with van der Waals surface area (Å²) in [6.45, 7) is 0.130. The lowest BCUT2D eigenvalue weighted by Crippen LogP contribution is -2.37. The van der Waals surface area contributed by atoms with Crippen LogP contribution in [0, 0.1) is 0 Å². The third-order valence-electron chi connectivity index (χ3n) is 3.84. The Kier molecular flexibility index (Phi) is 4.89. The van der Waals surface area contributed by atoms with E-state index < -0.39 is 6.10 Å². The number of hydrogen-bond acceptors (Lipinski definition) is 5. The third kappa shape index (κ3) is 3.51. The number of aliphatic hydroxyl groups excluding tert-OH is 1. The number of thiazole rings is 1. The molecule has 8 heteroatoms. The summed E-state index contributed by atoms with van der Waals surface area (Å²) >= 11 is 13.6. The van der Waals surface area contributed by atoms with E-state index in [4.69, 9.17) is 23.2 Å². The predicted molar refractivity (Wildman–Crippen MR) is 92.3 cm³/mol. The van der Waals surface area contributed by atoms with Crippen LogP contribution in [0.15, 0.2) is 23.7 Å². The summed E-state index contributed by atoms with van der Waals surface area (Å²) in [5.74, 6) is -0.184. The Labute approximate surface area is 147 Å². The maximum absolute atomic E-state index is 12.1. The van der Waals surface area contributed by atoms with Crippen LogP contribution < -0.4 is 5.32 Å². The molecule has 2 atom stereocenters. The molecule has 1 heterocycles. The zero-order valence-corrected chi connectivity index (χ0v) is 14.6. The number of benzene rings is 1. The number of rotatable bonds is 4. The SMILES string of the molecule is CN(CC(=O)Nc1nccs1)[C@@H]1c2cc(Cl)cc(Cl)c2C[C@@H]1O. The number of carbonyl (C=O) groups is 1. The number of fused-ring (bicyclic) bond motifs is 1. The minimum absolute atomic E-state index is 0.130. The van der Waals surface area contributed by atoms with E-state index in [0.29, 0.717) is 21.6 Å². The number of likely N-dealkylation sites (N-methyl/N-ethyl adjacent to an activating group) is 1. The highest BCUT2D eigenvalue weighted by atomic mass is 35.5. The molecule has 0 saturated heterocycles. The van der Waals surface area contributed by atoms with Crippen LogP contribution in [0.3, 0.4) is 0 Å². The van der Waals surface area contributed by atoms with Gasteiger partial charge in [-0.05, 0) is 30.3 Å². The highest BCUT2D eigenvalue weighted by Gasteiger charge is 2.36. The average Bonchev–Trinajstić information content (AvgIpc) is 3.05. The van der Waals surface area contributed by atoms with Gasteiger partial charge >= 0.3 is 0 Å². The Morgan fingerprint density at radius 2 is 2.30 bits per heavy atom. The van der Waals surface area contributed by atoms with Gasteiger partial charge in [-0.25, -0.2) is 4.98 Å². The Morgan fingerprint density at radius 3 is 3.00 bits per heavy atom. The summed E-state index contributed by atoms with van der Waals surface area (Å²) in [6, 6.07) is 3.16. The van der Waals surface area contributed by atoms with Gasteiger partial charge in [0.1, 0.15) is 0 Å². The fraction of sp³-hybridized carbons (Fsp3) is 0.333. The van der Waals surface area contributed by atoms with Crippen LogP contribution in [-0.2, 0) is 11.2 Å². The summed E-state index contributed by atoms with van der Waals surface area (Å²) in [7, 11) is 1.79. The lowest BCUT2D eigenvalue weighted by Gasteiger charge is -2.27. The second-order valence-electron chi connectivity index (χ2n) is 5.47. The van der Waals surface area contributed by atoms with Crippen LogP contribution in [0.2, 0.25) is 10.0 Å². The first-order valence-electron chi connectivity index (χ1n) is 7.01. The van der Waals surface area contributed by atoms with Crippen molar-refractivity contribution in [1.29, 1.82) is 0 Å². The van der Waals surface area contributed by atoms with Gasteiger partial charge in [-0.3, -0.25) is 9.69 Å². The molecule has 0 unspecified atom stereocenters. The van der Waals surface area contributed by atoms with Crippen LogP contribution in [0.25, 0.3) is 0 Å². The molecule has 0 saturated carbocycles. The normalized spacial score (nSPS) is 19.9. The fourth-order valence-electron chi connectivity index (χ4n) is 2.93. The first-order valence-corrected chi connectivity index (χ1v) is 8.64. The largest absolute Gasteiger partial charge is 0.391 e. The van der Waals surface area contributed by atoms with Gasteiger partial charge in [0.25, 0.3) is 0 Å². The zero-order chi connectivity index (χ0) is 16.6. The maximum atomic E-state index is 12.1. The second-order valence-corrected chi connectivity index (χ2v) is 7.21. The van der Waals surface area contributed by atoms with Crippen molar-refractivity contribution in [3.63, 3.8) is 0 Å². The van der Waals surface area contributed by atoms with Gasteiger partial charge in [0.15, 0.2) is 5.13 Å². The number of amides is 1. The fourth-order valence-corrected chi connectivity index (χ4v) is 4.06. The van der Waals surface area contributed by atoms with Crippen LogP contribution >= 0.6 is 34.5 Å². The minimum atomic E-state index is -0.626. The molecule has 1 aromatic carbocycles. The molecule has 2 aromatic rings. The number of aliphatic hydroxyl groups is 1. The Hall–Kier alpha value is -1.18. The lowest BCUT2D eigenvalue weighted by atomic mass is 10.1. The van der Waals surface area contributed by atoms with Gasteiger partial charge in [-0.2, -0.15) is 0 Å². The molecule has 2 N–H and O–H groups in total. The van der Waals surface area contributed by atoms with Crippen LogP contribution in [-0.4, -0.2) is 40.6 Å². The van der Waals surface area contributed by atoms with E-state index in [-0.39, 0.29) is 18.5 Å².